The number of hydrogen-bond acceptors (Lipinski definition) is 5. The second-order valence-electron chi connectivity index (χ2n) is 3.79. The number of amidine groups is 1. The van der Waals surface area contributed by atoms with Crippen LogP contribution >= 0.6 is 11.8 Å². The number of hydrogen-bond donors (Lipinski definition) is 1. The second-order valence-corrected chi connectivity index (χ2v) is 4.88. The van der Waals surface area contributed by atoms with Crippen LogP contribution in [0.25, 0.3) is 0 Å². The quantitative estimate of drug-likeness (QED) is 0.694. The van der Waals surface area contributed by atoms with Gasteiger partial charge in [0, 0.05) is 31.9 Å². The Labute approximate surface area is 89.7 Å². The van der Waals surface area contributed by atoms with Crippen molar-refractivity contribution >= 4 is 16.9 Å². The van der Waals surface area contributed by atoms with E-state index in [1.54, 1.807) is 0 Å². The van der Waals surface area contributed by atoms with Crippen LogP contribution in [0.1, 0.15) is 0 Å². The Bertz CT molecular complexity index is 211. The summed E-state index contributed by atoms with van der Waals surface area (Å²) in [4.78, 5) is 9.19. The highest BCUT2D eigenvalue weighted by Crippen LogP contribution is 2.08. The topological polar surface area (TPSA) is 30.9 Å². The molecule has 0 aromatic carbocycles. The van der Waals surface area contributed by atoms with E-state index in [1.165, 1.54) is 26.2 Å². The van der Waals surface area contributed by atoms with Crippen molar-refractivity contribution in [1.29, 1.82) is 0 Å². The fourth-order valence-electron chi connectivity index (χ4n) is 1.63. The normalized spacial score (nSPS) is 25.1. The maximum absolute atomic E-state index is 4.37. The predicted molar refractivity (Wildman–Crippen MR) is 61.8 cm³/mol. The zero-order chi connectivity index (χ0) is 9.80. The fraction of sp³-hybridized carbons (Fsp3) is 0.889. The number of nitrogens with one attached hydrogen (secondary N) is 1. The maximum atomic E-state index is 4.37. The molecule has 0 aliphatic carbocycles. The van der Waals surface area contributed by atoms with Crippen molar-refractivity contribution in [3.8, 4) is 0 Å². The third-order valence-electron chi connectivity index (χ3n) is 2.64. The molecule has 0 saturated carbocycles. The molecule has 0 aromatic heterocycles. The molecule has 1 saturated heterocycles. The van der Waals surface area contributed by atoms with Gasteiger partial charge in [-0.05, 0) is 7.05 Å². The molecule has 5 heteroatoms. The van der Waals surface area contributed by atoms with Crippen molar-refractivity contribution in [2.45, 2.75) is 0 Å². The summed E-state index contributed by atoms with van der Waals surface area (Å²) in [5, 5.41) is 4.52. The average Bonchev–Trinajstić information content (AvgIpc) is 2.70. The van der Waals surface area contributed by atoms with Crippen LogP contribution in [0, 0.1) is 0 Å². The van der Waals surface area contributed by atoms with Crippen LogP contribution in [0.2, 0.25) is 0 Å². The molecule has 4 nitrogen and oxygen atoms in total. The summed E-state index contributed by atoms with van der Waals surface area (Å²) in [5.41, 5.74) is 0. The summed E-state index contributed by atoms with van der Waals surface area (Å²) < 4.78 is 0. The number of thioether (sulfide) groups is 1. The Kier molecular flexibility index (Phi) is 3.67. The molecule has 0 atom stereocenters. The van der Waals surface area contributed by atoms with Crippen LogP contribution in [0.3, 0.4) is 0 Å². The van der Waals surface area contributed by atoms with Crippen molar-refractivity contribution in [2.24, 2.45) is 4.99 Å². The minimum Gasteiger partial charge on any atom is -0.352 e. The van der Waals surface area contributed by atoms with Gasteiger partial charge in [-0.3, -0.25) is 9.89 Å². The number of likely N-dealkylation sites (N-methyl/N-ethyl adjacent to an activating group) is 1. The Morgan fingerprint density at radius 1 is 1.36 bits per heavy atom. The first-order valence-electron chi connectivity index (χ1n) is 5.16. The first-order valence-corrected chi connectivity index (χ1v) is 6.15. The highest BCUT2D eigenvalue weighted by Gasteiger charge is 2.14. The van der Waals surface area contributed by atoms with Gasteiger partial charge in [0.25, 0.3) is 0 Å². The SMILES string of the molecule is CN1CCN(CNC2=NCCS2)CC1. The van der Waals surface area contributed by atoms with E-state index in [-0.39, 0.29) is 0 Å². The first kappa shape index (κ1) is 10.3. The lowest BCUT2D eigenvalue weighted by Crippen LogP contribution is -2.48. The standard InChI is InChI=1S/C9H18N4S/c1-12-3-5-13(6-4-12)8-11-9-10-2-7-14-9/h2-8H2,1H3,(H,10,11). The first-order chi connectivity index (χ1) is 6.84. The Hall–Kier alpha value is -0.260. The van der Waals surface area contributed by atoms with Gasteiger partial charge in [-0.25, -0.2) is 0 Å². The highest BCUT2D eigenvalue weighted by atomic mass is 32.2. The zero-order valence-electron chi connectivity index (χ0n) is 8.70. The van der Waals surface area contributed by atoms with Crippen LogP contribution < -0.4 is 5.32 Å². The molecule has 0 unspecified atom stereocenters. The molecule has 0 bridgehead atoms. The molecule has 0 spiro atoms. The molecule has 1 fully saturated rings. The van der Waals surface area contributed by atoms with Crippen LogP contribution in [0.4, 0.5) is 0 Å². The summed E-state index contributed by atoms with van der Waals surface area (Å²) in [6.45, 7) is 6.64. The van der Waals surface area contributed by atoms with Crippen molar-refractivity contribution in [3.05, 3.63) is 0 Å². The van der Waals surface area contributed by atoms with Crippen molar-refractivity contribution in [1.82, 2.24) is 15.1 Å². The lowest BCUT2D eigenvalue weighted by atomic mass is 10.3. The van der Waals surface area contributed by atoms with E-state index in [1.807, 2.05) is 11.8 Å². The minimum absolute atomic E-state index is 0.958. The molecule has 2 rings (SSSR count). The minimum atomic E-state index is 0.958. The van der Waals surface area contributed by atoms with Crippen LogP contribution in [0.5, 0.6) is 0 Å². The fourth-order valence-corrected chi connectivity index (χ4v) is 2.35. The van der Waals surface area contributed by atoms with Gasteiger partial charge >= 0.3 is 0 Å². The van der Waals surface area contributed by atoms with E-state index < -0.39 is 0 Å². The van der Waals surface area contributed by atoms with Gasteiger partial charge in [0.15, 0.2) is 5.17 Å². The summed E-state index contributed by atoms with van der Waals surface area (Å²) in [6.07, 6.45) is 0. The van der Waals surface area contributed by atoms with Gasteiger partial charge in [-0.2, -0.15) is 0 Å². The monoisotopic (exact) mass is 214 g/mol. The summed E-state index contributed by atoms with van der Waals surface area (Å²) >= 11 is 1.83. The van der Waals surface area contributed by atoms with E-state index >= 15 is 0 Å². The number of nitrogens with zero attached hydrogens (tertiary/aromatic N) is 3. The Morgan fingerprint density at radius 3 is 2.79 bits per heavy atom. The van der Waals surface area contributed by atoms with E-state index in [0.29, 0.717) is 0 Å². The van der Waals surface area contributed by atoms with E-state index in [4.69, 9.17) is 0 Å². The lowest BCUT2D eigenvalue weighted by molar-refractivity contribution is 0.152. The zero-order valence-corrected chi connectivity index (χ0v) is 9.52. The Morgan fingerprint density at radius 2 is 2.14 bits per heavy atom. The third kappa shape index (κ3) is 2.87. The van der Waals surface area contributed by atoms with Crippen molar-refractivity contribution in [2.75, 3.05) is 52.2 Å². The number of aliphatic imine (C=N–C) groups is 1. The summed E-state index contributed by atoms with van der Waals surface area (Å²) in [7, 11) is 2.18. The van der Waals surface area contributed by atoms with Gasteiger partial charge in [0.1, 0.15) is 0 Å². The van der Waals surface area contributed by atoms with Crippen molar-refractivity contribution < 1.29 is 0 Å². The van der Waals surface area contributed by atoms with Gasteiger partial charge < -0.3 is 10.2 Å². The molecule has 0 radical (unpaired) electrons. The van der Waals surface area contributed by atoms with E-state index in [0.717, 1.165) is 24.1 Å². The predicted octanol–water partition coefficient (Wildman–Crippen LogP) is -0.116. The molecular weight excluding hydrogens is 196 g/mol. The molecule has 2 aliphatic rings. The smallest absolute Gasteiger partial charge is 0.157 e. The third-order valence-corrected chi connectivity index (χ3v) is 3.57. The Balaban J connectivity index is 1.65. The van der Waals surface area contributed by atoms with Crippen LogP contribution in [-0.2, 0) is 0 Å². The molecule has 14 heavy (non-hydrogen) atoms. The van der Waals surface area contributed by atoms with E-state index in [9.17, 15) is 0 Å². The highest BCUT2D eigenvalue weighted by molar-refractivity contribution is 8.14. The number of piperazine rings is 1. The van der Waals surface area contributed by atoms with Gasteiger partial charge in [-0.1, -0.05) is 11.8 Å². The molecule has 1 N–H and O–H groups in total. The molecule has 2 aliphatic heterocycles. The van der Waals surface area contributed by atoms with Gasteiger partial charge in [0.05, 0.1) is 13.2 Å². The molecule has 80 valence electrons. The van der Waals surface area contributed by atoms with Gasteiger partial charge in [0.2, 0.25) is 0 Å². The molecule has 2 heterocycles. The van der Waals surface area contributed by atoms with Crippen LogP contribution in [-0.4, -0.2) is 67.2 Å². The second kappa shape index (κ2) is 5.00. The largest absolute Gasteiger partial charge is 0.352 e. The molecule has 0 aromatic rings. The van der Waals surface area contributed by atoms with Crippen LogP contribution in [0.15, 0.2) is 4.99 Å². The van der Waals surface area contributed by atoms with Crippen molar-refractivity contribution in [3.63, 3.8) is 0 Å². The van der Waals surface area contributed by atoms with E-state index in [2.05, 4.69) is 27.2 Å². The lowest BCUT2D eigenvalue weighted by Gasteiger charge is -2.32. The number of rotatable bonds is 2. The average molecular weight is 214 g/mol. The summed E-state index contributed by atoms with van der Waals surface area (Å²) in [6, 6.07) is 0. The molecular formula is C9H18N4S. The summed E-state index contributed by atoms with van der Waals surface area (Å²) in [5.74, 6) is 1.14. The van der Waals surface area contributed by atoms with Gasteiger partial charge in [-0.15, -0.1) is 0 Å². The maximum Gasteiger partial charge on any atom is 0.157 e. The molecule has 0 amide bonds.